The van der Waals surface area contributed by atoms with Crippen molar-refractivity contribution in [2.75, 3.05) is 12.4 Å². The Bertz CT molecular complexity index is 917. The van der Waals surface area contributed by atoms with Crippen LogP contribution in [0.5, 0.6) is 11.5 Å². The second-order valence-corrected chi connectivity index (χ2v) is 7.65. The highest BCUT2D eigenvalue weighted by Gasteiger charge is 2.11. The first kappa shape index (κ1) is 19.7. The molecule has 0 fully saturated rings. The minimum atomic E-state index is -0.271. The standard InChI is InChI=1S/C21H18Br2FNO2/c1-26-19-7-5-18(6-8-19)25-12-15-10-16(22)11-20(23)21(15)27-13-14-3-2-4-17(24)9-14/h2-11,25H,12-13H2,1H3. The molecule has 0 saturated carbocycles. The molecule has 0 spiro atoms. The van der Waals surface area contributed by atoms with Crippen LogP contribution < -0.4 is 14.8 Å². The SMILES string of the molecule is COc1ccc(NCc2cc(Br)cc(Br)c2OCc2cccc(F)c2)cc1. The fourth-order valence-corrected chi connectivity index (χ4v) is 4.02. The monoisotopic (exact) mass is 493 g/mol. The van der Waals surface area contributed by atoms with E-state index in [4.69, 9.17) is 9.47 Å². The molecule has 0 unspecified atom stereocenters. The number of nitrogens with one attached hydrogen (secondary N) is 1. The Morgan fingerprint density at radius 2 is 1.78 bits per heavy atom. The van der Waals surface area contributed by atoms with Crippen molar-refractivity contribution < 1.29 is 13.9 Å². The molecule has 3 aromatic carbocycles. The first-order valence-electron chi connectivity index (χ1n) is 8.28. The number of anilines is 1. The number of benzene rings is 3. The molecule has 27 heavy (non-hydrogen) atoms. The van der Waals surface area contributed by atoms with Crippen LogP contribution in [0.4, 0.5) is 10.1 Å². The maximum absolute atomic E-state index is 13.4. The van der Waals surface area contributed by atoms with Gasteiger partial charge in [-0.2, -0.15) is 0 Å². The third-order valence-corrected chi connectivity index (χ3v) is 4.98. The van der Waals surface area contributed by atoms with Gasteiger partial charge in [0.2, 0.25) is 0 Å². The zero-order chi connectivity index (χ0) is 19.2. The quantitative estimate of drug-likeness (QED) is 0.404. The summed E-state index contributed by atoms with van der Waals surface area (Å²) in [6.07, 6.45) is 0. The zero-order valence-electron chi connectivity index (χ0n) is 14.6. The maximum Gasteiger partial charge on any atom is 0.139 e. The Morgan fingerprint density at radius 3 is 2.48 bits per heavy atom. The van der Waals surface area contributed by atoms with E-state index in [0.717, 1.165) is 37.3 Å². The van der Waals surface area contributed by atoms with Gasteiger partial charge in [-0.1, -0.05) is 28.1 Å². The van der Waals surface area contributed by atoms with Crippen LogP contribution in [-0.2, 0) is 13.2 Å². The Hall–Kier alpha value is -2.05. The van der Waals surface area contributed by atoms with E-state index in [1.807, 2.05) is 42.5 Å². The van der Waals surface area contributed by atoms with Gasteiger partial charge in [-0.25, -0.2) is 4.39 Å². The van der Waals surface area contributed by atoms with Gasteiger partial charge in [0.25, 0.3) is 0 Å². The Balaban J connectivity index is 1.75. The van der Waals surface area contributed by atoms with Crippen molar-refractivity contribution >= 4 is 37.5 Å². The van der Waals surface area contributed by atoms with Crippen LogP contribution >= 0.6 is 31.9 Å². The molecule has 3 nitrogen and oxygen atoms in total. The number of hydrogen-bond donors (Lipinski definition) is 1. The van der Waals surface area contributed by atoms with Crippen LogP contribution in [0.25, 0.3) is 0 Å². The summed E-state index contributed by atoms with van der Waals surface area (Å²) in [6, 6.07) is 18.1. The molecular weight excluding hydrogens is 477 g/mol. The highest BCUT2D eigenvalue weighted by atomic mass is 79.9. The summed E-state index contributed by atoms with van der Waals surface area (Å²) in [4.78, 5) is 0. The van der Waals surface area contributed by atoms with Gasteiger partial charge in [0.15, 0.2) is 0 Å². The molecule has 0 saturated heterocycles. The number of methoxy groups -OCH3 is 1. The van der Waals surface area contributed by atoms with Crippen LogP contribution in [0.2, 0.25) is 0 Å². The highest BCUT2D eigenvalue weighted by Crippen LogP contribution is 2.34. The molecule has 0 heterocycles. The Morgan fingerprint density at radius 1 is 1.00 bits per heavy atom. The molecule has 3 aromatic rings. The van der Waals surface area contributed by atoms with E-state index >= 15 is 0 Å². The summed E-state index contributed by atoms with van der Waals surface area (Å²) in [6.45, 7) is 0.858. The van der Waals surface area contributed by atoms with E-state index in [-0.39, 0.29) is 12.4 Å². The zero-order valence-corrected chi connectivity index (χ0v) is 17.8. The summed E-state index contributed by atoms with van der Waals surface area (Å²) < 4.78 is 26.3. The molecule has 0 aliphatic heterocycles. The molecule has 0 aliphatic rings. The van der Waals surface area contributed by atoms with Crippen molar-refractivity contribution in [1.82, 2.24) is 0 Å². The van der Waals surface area contributed by atoms with Gasteiger partial charge >= 0.3 is 0 Å². The molecule has 6 heteroatoms. The van der Waals surface area contributed by atoms with E-state index in [9.17, 15) is 4.39 Å². The van der Waals surface area contributed by atoms with Crippen molar-refractivity contribution in [1.29, 1.82) is 0 Å². The summed E-state index contributed by atoms with van der Waals surface area (Å²) >= 11 is 7.08. The third-order valence-electron chi connectivity index (χ3n) is 3.93. The predicted molar refractivity (Wildman–Crippen MR) is 113 cm³/mol. The van der Waals surface area contributed by atoms with E-state index in [2.05, 4.69) is 37.2 Å². The predicted octanol–water partition coefficient (Wildman–Crippen LogP) is 6.55. The fraction of sp³-hybridized carbons (Fsp3) is 0.143. The summed E-state index contributed by atoms with van der Waals surface area (Å²) in [5, 5.41) is 3.38. The first-order chi connectivity index (χ1) is 13.0. The lowest BCUT2D eigenvalue weighted by Gasteiger charge is -2.16. The molecule has 0 aromatic heterocycles. The average molecular weight is 495 g/mol. The number of hydrogen-bond acceptors (Lipinski definition) is 3. The summed E-state index contributed by atoms with van der Waals surface area (Å²) in [5.41, 5.74) is 2.73. The Labute approximate surface area is 174 Å². The van der Waals surface area contributed by atoms with Gasteiger partial charge in [0.1, 0.15) is 23.9 Å². The molecule has 140 valence electrons. The number of rotatable bonds is 7. The fourth-order valence-electron chi connectivity index (χ4n) is 2.60. The van der Waals surface area contributed by atoms with Crippen LogP contribution in [0.15, 0.2) is 69.6 Å². The molecular formula is C21H18Br2FNO2. The molecule has 0 bridgehead atoms. The third kappa shape index (κ3) is 5.47. The number of ether oxygens (including phenoxy) is 2. The summed E-state index contributed by atoms with van der Waals surface area (Å²) in [5.74, 6) is 1.26. The van der Waals surface area contributed by atoms with Gasteiger partial charge in [0, 0.05) is 22.3 Å². The Kier molecular flexibility index (Phi) is 6.74. The van der Waals surface area contributed by atoms with Crippen LogP contribution in [0.1, 0.15) is 11.1 Å². The van der Waals surface area contributed by atoms with Crippen molar-refractivity contribution in [3.63, 3.8) is 0 Å². The largest absolute Gasteiger partial charge is 0.497 e. The number of halogens is 3. The van der Waals surface area contributed by atoms with E-state index in [1.165, 1.54) is 12.1 Å². The van der Waals surface area contributed by atoms with Gasteiger partial charge in [0.05, 0.1) is 11.6 Å². The second-order valence-electron chi connectivity index (χ2n) is 5.88. The van der Waals surface area contributed by atoms with Crippen molar-refractivity contribution in [3.05, 3.63) is 86.6 Å². The second kappa shape index (κ2) is 9.24. The normalized spacial score (nSPS) is 10.5. The minimum absolute atomic E-state index is 0.271. The lowest BCUT2D eigenvalue weighted by molar-refractivity contribution is 0.300. The average Bonchev–Trinajstić information content (AvgIpc) is 2.66. The van der Waals surface area contributed by atoms with E-state index in [0.29, 0.717) is 6.54 Å². The molecule has 0 atom stereocenters. The first-order valence-corrected chi connectivity index (χ1v) is 9.87. The molecule has 1 N–H and O–H groups in total. The highest BCUT2D eigenvalue weighted by molar-refractivity contribution is 9.11. The molecule has 3 rings (SSSR count). The topological polar surface area (TPSA) is 30.5 Å². The van der Waals surface area contributed by atoms with Gasteiger partial charge in [-0.05, 0) is 70.0 Å². The van der Waals surface area contributed by atoms with Crippen molar-refractivity contribution in [2.45, 2.75) is 13.2 Å². The van der Waals surface area contributed by atoms with Gasteiger partial charge in [-0.15, -0.1) is 0 Å². The van der Waals surface area contributed by atoms with Gasteiger partial charge < -0.3 is 14.8 Å². The van der Waals surface area contributed by atoms with Crippen molar-refractivity contribution in [2.24, 2.45) is 0 Å². The lowest BCUT2D eigenvalue weighted by atomic mass is 10.2. The van der Waals surface area contributed by atoms with Crippen LogP contribution in [0, 0.1) is 5.82 Å². The summed E-state index contributed by atoms with van der Waals surface area (Å²) in [7, 11) is 1.64. The molecule has 0 amide bonds. The van der Waals surface area contributed by atoms with Gasteiger partial charge in [-0.3, -0.25) is 0 Å². The molecule has 0 aliphatic carbocycles. The van der Waals surface area contributed by atoms with E-state index < -0.39 is 0 Å². The van der Waals surface area contributed by atoms with E-state index in [1.54, 1.807) is 13.2 Å². The van der Waals surface area contributed by atoms with Crippen LogP contribution in [-0.4, -0.2) is 7.11 Å². The minimum Gasteiger partial charge on any atom is -0.497 e. The lowest BCUT2D eigenvalue weighted by Crippen LogP contribution is -2.05. The van der Waals surface area contributed by atoms with Crippen LogP contribution in [0.3, 0.4) is 0 Å². The van der Waals surface area contributed by atoms with Crippen molar-refractivity contribution in [3.8, 4) is 11.5 Å². The maximum atomic E-state index is 13.4. The molecule has 0 radical (unpaired) electrons. The smallest absolute Gasteiger partial charge is 0.139 e.